The molecule has 0 bridgehead atoms. The largest absolute Gasteiger partial charge is 0.349 e. The number of nitrogens with one attached hydrogen (secondary N) is 2. The highest BCUT2D eigenvalue weighted by Crippen LogP contribution is 2.16. The predicted octanol–water partition coefficient (Wildman–Crippen LogP) is 0.389. The first kappa shape index (κ1) is 17.5. The number of likely N-dealkylation sites (N-methyl/N-ethyl adjacent to an activating group) is 1. The number of likely N-dealkylation sites (tertiary alicyclic amines) is 1. The summed E-state index contributed by atoms with van der Waals surface area (Å²) in [6, 6.07) is 9.57. The molecule has 2 amide bonds. The fourth-order valence-electron chi connectivity index (χ4n) is 3.13. The van der Waals surface area contributed by atoms with Gasteiger partial charge >= 0.3 is 0 Å². The van der Waals surface area contributed by atoms with Crippen molar-refractivity contribution < 1.29 is 14.5 Å². The average molecular weight is 318 g/mol. The van der Waals surface area contributed by atoms with Crippen LogP contribution in [0.4, 0.5) is 0 Å². The molecular weight excluding hydrogens is 290 g/mol. The number of carbonyl (C=O) groups excluding carboxylic acids is 2. The van der Waals surface area contributed by atoms with Crippen LogP contribution < -0.4 is 10.2 Å². The number of hydrogen-bond donors (Lipinski definition) is 2. The van der Waals surface area contributed by atoms with Crippen molar-refractivity contribution in [2.24, 2.45) is 0 Å². The summed E-state index contributed by atoms with van der Waals surface area (Å²) in [4.78, 5) is 27.9. The van der Waals surface area contributed by atoms with Crippen LogP contribution in [0.15, 0.2) is 30.3 Å². The summed E-state index contributed by atoms with van der Waals surface area (Å²) in [6.45, 7) is 5.83. The Bertz CT molecular complexity index is 524. The zero-order valence-electron chi connectivity index (χ0n) is 14.3. The van der Waals surface area contributed by atoms with Crippen molar-refractivity contribution in [1.29, 1.82) is 0 Å². The highest BCUT2D eigenvalue weighted by Gasteiger charge is 2.34. The Morgan fingerprint density at radius 1 is 1.17 bits per heavy atom. The van der Waals surface area contributed by atoms with E-state index in [0.717, 1.165) is 36.4 Å². The third-order valence-electron chi connectivity index (χ3n) is 4.18. The van der Waals surface area contributed by atoms with E-state index < -0.39 is 0 Å². The lowest BCUT2D eigenvalue weighted by molar-refractivity contribution is -0.894. The molecule has 1 aliphatic rings. The fraction of sp³-hybridized carbons (Fsp3) is 0.556. The van der Waals surface area contributed by atoms with E-state index in [1.165, 1.54) is 0 Å². The third kappa shape index (κ3) is 4.79. The van der Waals surface area contributed by atoms with Gasteiger partial charge in [-0.05, 0) is 26.7 Å². The molecule has 0 spiro atoms. The number of rotatable bonds is 6. The van der Waals surface area contributed by atoms with Gasteiger partial charge in [0.15, 0.2) is 12.6 Å². The lowest BCUT2D eigenvalue weighted by atomic mass is 10.0. The molecule has 1 aliphatic heterocycles. The molecule has 2 rings (SSSR count). The van der Waals surface area contributed by atoms with Crippen molar-refractivity contribution in [3.63, 3.8) is 0 Å². The SMILES string of the molecule is CC(C)NC(=O)C[NH+](C)[C@H](C(=O)N1CCCC1)c1ccccc1. The van der Waals surface area contributed by atoms with E-state index in [1.807, 2.05) is 56.1 Å². The minimum atomic E-state index is -0.327. The summed E-state index contributed by atoms with van der Waals surface area (Å²) in [5, 5.41) is 2.90. The van der Waals surface area contributed by atoms with E-state index in [2.05, 4.69) is 5.32 Å². The van der Waals surface area contributed by atoms with Gasteiger partial charge in [0.1, 0.15) is 0 Å². The summed E-state index contributed by atoms with van der Waals surface area (Å²) >= 11 is 0. The topological polar surface area (TPSA) is 53.9 Å². The Morgan fingerprint density at radius 3 is 2.35 bits per heavy atom. The van der Waals surface area contributed by atoms with Crippen molar-refractivity contribution in [2.45, 2.75) is 38.8 Å². The van der Waals surface area contributed by atoms with Crippen LogP contribution in [0.5, 0.6) is 0 Å². The lowest BCUT2D eigenvalue weighted by Crippen LogP contribution is -3.11. The second-order valence-electron chi connectivity index (χ2n) is 6.62. The smallest absolute Gasteiger partial charge is 0.285 e. The molecule has 1 fully saturated rings. The second kappa shape index (κ2) is 8.11. The van der Waals surface area contributed by atoms with E-state index in [1.54, 1.807) is 0 Å². The summed E-state index contributed by atoms with van der Waals surface area (Å²) in [5.74, 6) is 0.108. The van der Waals surface area contributed by atoms with Crippen LogP contribution in [-0.4, -0.2) is 49.4 Å². The van der Waals surface area contributed by atoms with Crippen LogP contribution >= 0.6 is 0 Å². The molecule has 1 unspecified atom stereocenters. The molecule has 1 heterocycles. The summed E-state index contributed by atoms with van der Waals surface area (Å²) in [6.07, 6.45) is 2.14. The lowest BCUT2D eigenvalue weighted by Gasteiger charge is -2.28. The molecule has 1 aromatic carbocycles. The Labute approximate surface area is 138 Å². The van der Waals surface area contributed by atoms with Gasteiger partial charge in [0.25, 0.3) is 11.8 Å². The molecule has 2 N–H and O–H groups in total. The molecule has 5 heteroatoms. The zero-order valence-corrected chi connectivity index (χ0v) is 14.3. The van der Waals surface area contributed by atoms with Crippen LogP contribution in [0.3, 0.4) is 0 Å². The molecule has 0 aliphatic carbocycles. The van der Waals surface area contributed by atoms with Gasteiger partial charge in [-0.3, -0.25) is 9.59 Å². The first-order chi connectivity index (χ1) is 11.0. The number of quaternary nitrogens is 1. The standard InChI is InChI=1S/C18H27N3O2/c1-14(2)19-16(22)13-20(3)17(15-9-5-4-6-10-15)18(23)21-11-7-8-12-21/h4-6,9-10,14,17H,7-8,11-13H2,1-3H3,(H,19,22)/p+1/t17-/m0/s1. The first-order valence-electron chi connectivity index (χ1n) is 8.44. The predicted molar refractivity (Wildman–Crippen MR) is 90.0 cm³/mol. The Morgan fingerprint density at radius 2 is 1.78 bits per heavy atom. The van der Waals surface area contributed by atoms with Crippen molar-refractivity contribution in [3.8, 4) is 0 Å². The van der Waals surface area contributed by atoms with Gasteiger partial charge in [0.05, 0.1) is 7.05 Å². The molecular formula is C18H28N3O2+. The normalized spacial score (nSPS) is 17.1. The Hall–Kier alpha value is -1.88. The maximum Gasteiger partial charge on any atom is 0.285 e. The second-order valence-corrected chi connectivity index (χ2v) is 6.62. The quantitative estimate of drug-likeness (QED) is 0.797. The van der Waals surface area contributed by atoms with Gasteiger partial charge in [-0.15, -0.1) is 0 Å². The van der Waals surface area contributed by atoms with Crippen molar-refractivity contribution in [3.05, 3.63) is 35.9 Å². The summed E-state index contributed by atoms with van der Waals surface area (Å²) in [5.41, 5.74) is 0.972. The molecule has 0 radical (unpaired) electrons. The molecule has 126 valence electrons. The maximum absolute atomic E-state index is 13.0. The van der Waals surface area contributed by atoms with E-state index in [9.17, 15) is 9.59 Å². The molecule has 23 heavy (non-hydrogen) atoms. The van der Waals surface area contributed by atoms with E-state index in [4.69, 9.17) is 0 Å². The molecule has 1 saturated heterocycles. The zero-order chi connectivity index (χ0) is 16.8. The molecule has 2 atom stereocenters. The van der Waals surface area contributed by atoms with Crippen molar-refractivity contribution >= 4 is 11.8 Å². The van der Waals surface area contributed by atoms with Crippen LogP contribution in [0, 0.1) is 0 Å². The highest BCUT2D eigenvalue weighted by atomic mass is 16.2. The Balaban J connectivity index is 2.15. The van der Waals surface area contributed by atoms with Crippen LogP contribution in [0.1, 0.15) is 38.3 Å². The molecule has 1 aromatic rings. The third-order valence-corrected chi connectivity index (χ3v) is 4.18. The van der Waals surface area contributed by atoms with Gasteiger partial charge in [-0.25, -0.2) is 0 Å². The summed E-state index contributed by atoms with van der Waals surface area (Å²) in [7, 11) is 1.92. The van der Waals surface area contributed by atoms with Gasteiger partial charge < -0.3 is 15.1 Å². The number of carbonyl (C=O) groups is 2. The van der Waals surface area contributed by atoms with Gasteiger partial charge in [0, 0.05) is 24.7 Å². The minimum absolute atomic E-state index is 0.0207. The van der Waals surface area contributed by atoms with Gasteiger partial charge in [-0.2, -0.15) is 0 Å². The highest BCUT2D eigenvalue weighted by molar-refractivity contribution is 5.83. The van der Waals surface area contributed by atoms with Gasteiger partial charge in [0.2, 0.25) is 0 Å². The summed E-state index contributed by atoms with van der Waals surface area (Å²) < 4.78 is 0. The Kier molecular flexibility index (Phi) is 6.16. The number of benzene rings is 1. The van der Waals surface area contributed by atoms with Crippen molar-refractivity contribution in [2.75, 3.05) is 26.7 Å². The number of nitrogens with zero attached hydrogens (tertiary/aromatic N) is 1. The van der Waals surface area contributed by atoms with E-state index in [-0.39, 0.29) is 30.4 Å². The van der Waals surface area contributed by atoms with E-state index >= 15 is 0 Å². The minimum Gasteiger partial charge on any atom is -0.349 e. The van der Waals surface area contributed by atoms with Crippen LogP contribution in [0.25, 0.3) is 0 Å². The molecule has 5 nitrogen and oxygen atoms in total. The number of hydrogen-bond acceptors (Lipinski definition) is 2. The first-order valence-corrected chi connectivity index (χ1v) is 8.44. The molecule has 0 saturated carbocycles. The monoisotopic (exact) mass is 318 g/mol. The number of amides is 2. The van der Waals surface area contributed by atoms with Crippen LogP contribution in [0.2, 0.25) is 0 Å². The fourth-order valence-corrected chi connectivity index (χ4v) is 3.13. The average Bonchev–Trinajstić information content (AvgIpc) is 3.01. The maximum atomic E-state index is 13.0. The van der Waals surface area contributed by atoms with Gasteiger partial charge in [-0.1, -0.05) is 30.3 Å². The van der Waals surface area contributed by atoms with Crippen LogP contribution in [-0.2, 0) is 9.59 Å². The van der Waals surface area contributed by atoms with Crippen molar-refractivity contribution in [1.82, 2.24) is 10.2 Å². The van der Waals surface area contributed by atoms with E-state index in [0.29, 0.717) is 0 Å². The molecule has 0 aromatic heterocycles.